The van der Waals surface area contributed by atoms with Gasteiger partial charge in [0.25, 0.3) is 6.47 Å². The highest BCUT2D eigenvalue weighted by molar-refractivity contribution is 5.36. The SMILES string of the molecule is CC(C)CCCCCOC=O. The summed E-state index contributed by atoms with van der Waals surface area (Å²) in [7, 11) is 0. The van der Waals surface area contributed by atoms with Gasteiger partial charge in [-0.3, -0.25) is 4.79 Å². The van der Waals surface area contributed by atoms with E-state index in [-0.39, 0.29) is 0 Å². The first-order valence-electron chi connectivity index (χ1n) is 4.32. The largest absolute Gasteiger partial charge is 0.468 e. The lowest BCUT2D eigenvalue weighted by Crippen LogP contribution is -1.92. The Kier molecular flexibility index (Phi) is 7.21. The van der Waals surface area contributed by atoms with Gasteiger partial charge < -0.3 is 4.74 Å². The Morgan fingerprint density at radius 3 is 2.55 bits per heavy atom. The molecule has 11 heavy (non-hydrogen) atoms. The molecule has 0 bridgehead atoms. The van der Waals surface area contributed by atoms with Gasteiger partial charge >= 0.3 is 0 Å². The average molecular weight is 158 g/mol. The molecular formula is C9H18O2. The summed E-state index contributed by atoms with van der Waals surface area (Å²) >= 11 is 0. The first-order chi connectivity index (χ1) is 5.27. The molecule has 0 heterocycles. The third-order valence-corrected chi connectivity index (χ3v) is 1.61. The molecule has 0 radical (unpaired) electrons. The van der Waals surface area contributed by atoms with Crippen molar-refractivity contribution < 1.29 is 9.53 Å². The van der Waals surface area contributed by atoms with Gasteiger partial charge in [-0.2, -0.15) is 0 Å². The lowest BCUT2D eigenvalue weighted by Gasteiger charge is -2.02. The fourth-order valence-corrected chi connectivity index (χ4v) is 0.963. The van der Waals surface area contributed by atoms with Crippen molar-refractivity contribution in [3.63, 3.8) is 0 Å². The smallest absolute Gasteiger partial charge is 0.293 e. The van der Waals surface area contributed by atoms with Crippen molar-refractivity contribution in [1.82, 2.24) is 0 Å². The van der Waals surface area contributed by atoms with E-state index in [1.165, 1.54) is 19.3 Å². The zero-order chi connectivity index (χ0) is 8.53. The third-order valence-electron chi connectivity index (χ3n) is 1.61. The van der Waals surface area contributed by atoms with Crippen molar-refractivity contribution in [1.29, 1.82) is 0 Å². The van der Waals surface area contributed by atoms with Crippen LogP contribution in [0.4, 0.5) is 0 Å². The number of carbonyl (C=O) groups excluding carboxylic acids is 1. The molecule has 0 saturated heterocycles. The minimum Gasteiger partial charge on any atom is -0.468 e. The molecule has 0 N–H and O–H groups in total. The Morgan fingerprint density at radius 1 is 1.27 bits per heavy atom. The van der Waals surface area contributed by atoms with Gasteiger partial charge in [0.15, 0.2) is 0 Å². The van der Waals surface area contributed by atoms with E-state index in [1.807, 2.05) is 0 Å². The van der Waals surface area contributed by atoms with Crippen LogP contribution in [0, 0.1) is 5.92 Å². The summed E-state index contributed by atoms with van der Waals surface area (Å²) in [6.45, 7) is 5.55. The van der Waals surface area contributed by atoms with Gasteiger partial charge in [-0.15, -0.1) is 0 Å². The van der Waals surface area contributed by atoms with E-state index in [1.54, 1.807) is 0 Å². The van der Waals surface area contributed by atoms with Crippen LogP contribution in [0.2, 0.25) is 0 Å². The van der Waals surface area contributed by atoms with Crippen LogP contribution in [-0.4, -0.2) is 13.1 Å². The molecule has 0 amide bonds. The molecule has 66 valence electrons. The minimum atomic E-state index is 0.516. The highest BCUT2D eigenvalue weighted by atomic mass is 16.5. The first kappa shape index (κ1) is 10.5. The van der Waals surface area contributed by atoms with E-state index in [4.69, 9.17) is 0 Å². The highest BCUT2D eigenvalue weighted by Gasteiger charge is 1.93. The van der Waals surface area contributed by atoms with Gasteiger partial charge in [-0.1, -0.05) is 33.1 Å². The Morgan fingerprint density at radius 2 is 2.00 bits per heavy atom. The number of carbonyl (C=O) groups is 1. The standard InChI is InChI=1S/C9H18O2/c1-9(2)6-4-3-5-7-11-8-10/h8-9H,3-7H2,1-2H3. The molecule has 0 aliphatic rings. The van der Waals surface area contributed by atoms with Crippen LogP contribution in [0.5, 0.6) is 0 Å². The fraction of sp³-hybridized carbons (Fsp3) is 0.889. The Bertz CT molecular complexity index is 89.6. The Labute approximate surface area is 68.9 Å². The lowest BCUT2D eigenvalue weighted by molar-refractivity contribution is -0.128. The summed E-state index contributed by atoms with van der Waals surface area (Å²) in [6.07, 6.45) is 4.71. The molecule has 0 aromatic carbocycles. The average Bonchev–Trinajstić information content (AvgIpc) is 1.96. The minimum absolute atomic E-state index is 0.516. The van der Waals surface area contributed by atoms with Crippen molar-refractivity contribution in [3.05, 3.63) is 0 Å². The van der Waals surface area contributed by atoms with Crippen molar-refractivity contribution in [2.75, 3.05) is 6.61 Å². The molecule has 0 aromatic heterocycles. The number of ether oxygens (including phenoxy) is 1. The monoisotopic (exact) mass is 158 g/mol. The second-order valence-corrected chi connectivity index (χ2v) is 3.21. The first-order valence-corrected chi connectivity index (χ1v) is 4.32. The molecule has 0 aliphatic heterocycles. The molecule has 0 aliphatic carbocycles. The van der Waals surface area contributed by atoms with E-state index in [0.29, 0.717) is 13.1 Å². The molecule has 0 saturated carbocycles. The van der Waals surface area contributed by atoms with Crippen LogP contribution in [0.3, 0.4) is 0 Å². The zero-order valence-corrected chi connectivity index (χ0v) is 7.51. The summed E-state index contributed by atoms with van der Waals surface area (Å²) in [4.78, 5) is 9.72. The van der Waals surface area contributed by atoms with Gasteiger partial charge in [0, 0.05) is 0 Å². The Hall–Kier alpha value is -0.530. The number of rotatable bonds is 7. The molecule has 2 heteroatoms. The van der Waals surface area contributed by atoms with E-state index >= 15 is 0 Å². The van der Waals surface area contributed by atoms with Crippen molar-refractivity contribution >= 4 is 6.47 Å². The van der Waals surface area contributed by atoms with E-state index in [2.05, 4.69) is 18.6 Å². The van der Waals surface area contributed by atoms with Crippen molar-refractivity contribution in [3.8, 4) is 0 Å². The normalized spacial score (nSPS) is 10.1. The van der Waals surface area contributed by atoms with Gasteiger partial charge in [0.2, 0.25) is 0 Å². The van der Waals surface area contributed by atoms with Crippen molar-refractivity contribution in [2.45, 2.75) is 39.5 Å². The second kappa shape index (κ2) is 7.58. The van der Waals surface area contributed by atoms with E-state index in [0.717, 1.165) is 12.3 Å². The van der Waals surface area contributed by atoms with Crippen LogP contribution in [0.1, 0.15) is 39.5 Å². The van der Waals surface area contributed by atoms with Crippen LogP contribution in [-0.2, 0) is 9.53 Å². The maximum atomic E-state index is 9.72. The third kappa shape index (κ3) is 9.47. The van der Waals surface area contributed by atoms with Gasteiger partial charge in [0.1, 0.15) is 0 Å². The van der Waals surface area contributed by atoms with Gasteiger partial charge in [-0.25, -0.2) is 0 Å². The topological polar surface area (TPSA) is 26.3 Å². The Balaban J connectivity index is 2.85. The van der Waals surface area contributed by atoms with Gasteiger partial charge in [-0.05, 0) is 12.3 Å². The van der Waals surface area contributed by atoms with E-state index in [9.17, 15) is 4.79 Å². The van der Waals surface area contributed by atoms with Crippen LogP contribution >= 0.6 is 0 Å². The summed E-state index contributed by atoms with van der Waals surface area (Å²) in [5.41, 5.74) is 0. The summed E-state index contributed by atoms with van der Waals surface area (Å²) < 4.78 is 4.56. The highest BCUT2D eigenvalue weighted by Crippen LogP contribution is 2.07. The molecule has 0 unspecified atom stereocenters. The zero-order valence-electron chi connectivity index (χ0n) is 7.51. The predicted molar refractivity (Wildman–Crippen MR) is 45.3 cm³/mol. The summed E-state index contributed by atoms with van der Waals surface area (Å²) in [5, 5.41) is 0. The summed E-state index contributed by atoms with van der Waals surface area (Å²) in [5.74, 6) is 0.794. The molecule has 0 fully saturated rings. The molecule has 0 spiro atoms. The second-order valence-electron chi connectivity index (χ2n) is 3.21. The maximum absolute atomic E-state index is 9.72. The van der Waals surface area contributed by atoms with Crippen LogP contribution in [0.15, 0.2) is 0 Å². The summed E-state index contributed by atoms with van der Waals surface area (Å²) in [6, 6.07) is 0. The van der Waals surface area contributed by atoms with Crippen LogP contribution < -0.4 is 0 Å². The molecule has 0 rings (SSSR count). The number of hydrogen-bond donors (Lipinski definition) is 0. The van der Waals surface area contributed by atoms with E-state index < -0.39 is 0 Å². The number of hydrogen-bond acceptors (Lipinski definition) is 2. The quantitative estimate of drug-likeness (QED) is 0.420. The molecular weight excluding hydrogens is 140 g/mol. The molecule has 0 atom stereocenters. The van der Waals surface area contributed by atoms with Gasteiger partial charge in [0.05, 0.1) is 6.61 Å². The van der Waals surface area contributed by atoms with Crippen LogP contribution in [0.25, 0.3) is 0 Å². The fourth-order valence-electron chi connectivity index (χ4n) is 0.963. The molecule has 2 nitrogen and oxygen atoms in total. The lowest BCUT2D eigenvalue weighted by atomic mass is 10.1. The predicted octanol–water partition coefficient (Wildman–Crippen LogP) is 2.38. The van der Waals surface area contributed by atoms with Crippen molar-refractivity contribution in [2.24, 2.45) is 5.92 Å². The maximum Gasteiger partial charge on any atom is 0.293 e. The molecule has 0 aromatic rings. The number of unbranched alkanes of at least 4 members (excludes halogenated alkanes) is 2.